The number of nitrogens with one attached hydrogen (secondary N) is 2. The number of rotatable bonds is 3. The molecule has 0 aliphatic carbocycles. The molecule has 3 aromatic rings. The minimum Gasteiger partial charge on any atom is -0.494 e. The van der Waals surface area contributed by atoms with Crippen molar-refractivity contribution in [1.82, 2.24) is 14.9 Å². The van der Waals surface area contributed by atoms with E-state index in [1.807, 2.05) is 0 Å². The molecule has 0 bridgehead atoms. The summed E-state index contributed by atoms with van der Waals surface area (Å²) in [6.45, 7) is 0. The summed E-state index contributed by atoms with van der Waals surface area (Å²) in [7, 11) is 0. The van der Waals surface area contributed by atoms with E-state index in [4.69, 9.17) is 0 Å². The van der Waals surface area contributed by atoms with Gasteiger partial charge < -0.3 is 15.0 Å². The van der Waals surface area contributed by atoms with Crippen LogP contribution in [0.1, 0.15) is 29.2 Å². The molecular formula is C19H16N4O4. The molecule has 1 fully saturated rings. The fraction of sp³-hybridized carbons (Fsp3) is 0.158. The van der Waals surface area contributed by atoms with Crippen LogP contribution >= 0.6 is 0 Å². The number of imide groups is 1. The lowest BCUT2D eigenvalue weighted by atomic mass is 10.1. The number of hydrogen-bond donors (Lipinski definition) is 3. The highest BCUT2D eigenvalue weighted by Gasteiger charge is 2.30. The van der Waals surface area contributed by atoms with Crippen molar-refractivity contribution in [3.63, 3.8) is 0 Å². The highest BCUT2D eigenvalue weighted by molar-refractivity contribution is 6.10. The van der Waals surface area contributed by atoms with Crippen LogP contribution in [0.3, 0.4) is 0 Å². The quantitative estimate of drug-likeness (QED) is 0.615. The van der Waals surface area contributed by atoms with Gasteiger partial charge in [0.05, 0.1) is 11.3 Å². The number of piperidine rings is 1. The minimum absolute atomic E-state index is 0.0861. The SMILES string of the molecule is O=C1CCC(n2cc3c(NC(=O)c4cccnc4)cccc3c2O)C(=O)N1. The molecule has 27 heavy (non-hydrogen) atoms. The number of pyridine rings is 1. The Bertz CT molecular complexity index is 1060. The fourth-order valence-electron chi connectivity index (χ4n) is 3.22. The van der Waals surface area contributed by atoms with Crippen LogP contribution in [-0.2, 0) is 9.59 Å². The largest absolute Gasteiger partial charge is 0.494 e. The highest BCUT2D eigenvalue weighted by atomic mass is 16.3. The first kappa shape index (κ1) is 16.8. The molecule has 3 N–H and O–H groups in total. The number of aromatic hydroxyl groups is 1. The summed E-state index contributed by atoms with van der Waals surface area (Å²) < 4.78 is 1.44. The van der Waals surface area contributed by atoms with E-state index in [1.54, 1.807) is 42.7 Å². The molecule has 1 aliphatic rings. The van der Waals surface area contributed by atoms with E-state index < -0.39 is 11.9 Å². The predicted octanol–water partition coefficient (Wildman–Crippen LogP) is 1.97. The molecular weight excluding hydrogens is 348 g/mol. The van der Waals surface area contributed by atoms with E-state index in [2.05, 4.69) is 15.6 Å². The molecule has 3 heterocycles. The zero-order valence-electron chi connectivity index (χ0n) is 14.2. The Morgan fingerprint density at radius 2 is 2.07 bits per heavy atom. The van der Waals surface area contributed by atoms with Gasteiger partial charge in [-0.3, -0.25) is 24.7 Å². The molecule has 0 spiro atoms. The van der Waals surface area contributed by atoms with Gasteiger partial charge in [-0.2, -0.15) is 0 Å². The summed E-state index contributed by atoms with van der Waals surface area (Å²) in [6.07, 6.45) is 5.16. The lowest BCUT2D eigenvalue weighted by molar-refractivity contribution is -0.135. The van der Waals surface area contributed by atoms with Gasteiger partial charge in [0.15, 0.2) is 5.88 Å². The minimum atomic E-state index is -0.683. The van der Waals surface area contributed by atoms with Crippen molar-refractivity contribution in [3.8, 4) is 5.88 Å². The van der Waals surface area contributed by atoms with Crippen LogP contribution in [0.15, 0.2) is 48.9 Å². The number of carbonyl (C=O) groups is 3. The lowest BCUT2D eigenvalue weighted by Crippen LogP contribution is -2.41. The van der Waals surface area contributed by atoms with Gasteiger partial charge in [-0.25, -0.2) is 0 Å². The maximum Gasteiger partial charge on any atom is 0.257 e. The van der Waals surface area contributed by atoms with Crippen LogP contribution in [-0.4, -0.2) is 32.4 Å². The summed E-state index contributed by atoms with van der Waals surface area (Å²) in [6, 6.07) is 7.75. The monoisotopic (exact) mass is 364 g/mol. The number of anilines is 1. The Balaban J connectivity index is 1.71. The molecule has 1 unspecified atom stereocenters. The first-order valence-electron chi connectivity index (χ1n) is 8.42. The van der Waals surface area contributed by atoms with Gasteiger partial charge in [0.1, 0.15) is 6.04 Å². The Morgan fingerprint density at radius 1 is 1.22 bits per heavy atom. The molecule has 0 saturated carbocycles. The van der Waals surface area contributed by atoms with Crippen LogP contribution in [0.5, 0.6) is 5.88 Å². The molecule has 1 saturated heterocycles. The second-order valence-corrected chi connectivity index (χ2v) is 6.29. The van der Waals surface area contributed by atoms with E-state index in [0.29, 0.717) is 28.4 Å². The normalized spacial score (nSPS) is 17.0. The average molecular weight is 364 g/mol. The molecule has 1 aliphatic heterocycles. The Morgan fingerprint density at radius 3 is 2.81 bits per heavy atom. The van der Waals surface area contributed by atoms with E-state index >= 15 is 0 Å². The first-order valence-corrected chi connectivity index (χ1v) is 8.42. The van der Waals surface area contributed by atoms with Crippen LogP contribution in [0.2, 0.25) is 0 Å². The van der Waals surface area contributed by atoms with Gasteiger partial charge in [-0.1, -0.05) is 6.07 Å². The third kappa shape index (κ3) is 3.01. The van der Waals surface area contributed by atoms with Crippen molar-refractivity contribution in [2.24, 2.45) is 0 Å². The number of benzene rings is 1. The summed E-state index contributed by atoms with van der Waals surface area (Å²) in [5, 5.41) is 16.8. The van der Waals surface area contributed by atoms with E-state index in [1.165, 1.54) is 10.8 Å². The van der Waals surface area contributed by atoms with Gasteiger partial charge in [-0.05, 0) is 30.7 Å². The van der Waals surface area contributed by atoms with Crippen LogP contribution in [0, 0.1) is 0 Å². The van der Waals surface area contributed by atoms with Crippen molar-refractivity contribution >= 4 is 34.2 Å². The maximum absolute atomic E-state index is 12.4. The van der Waals surface area contributed by atoms with Gasteiger partial charge in [-0.15, -0.1) is 0 Å². The molecule has 8 nitrogen and oxygen atoms in total. The standard InChI is InChI=1S/C19H16N4O4/c24-16-7-6-15(18(26)22-16)23-10-13-12(19(23)27)4-1-5-14(13)21-17(25)11-3-2-8-20-9-11/h1-5,8-10,15,27H,6-7H2,(H,21,25)(H,22,24,26). The fourth-order valence-corrected chi connectivity index (χ4v) is 3.22. The first-order chi connectivity index (χ1) is 13.0. The van der Waals surface area contributed by atoms with Gasteiger partial charge >= 0.3 is 0 Å². The smallest absolute Gasteiger partial charge is 0.257 e. The van der Waals surface area contributed by atoms with Crippen LogP contribution in [0.25, 0.3) is 10.8 Å². The summed E-state index contributed by atoms with van der Waals surface area (Å²) in [4.78, 5) is 39.8. The second kappa shape index (κ2) is 6.56. The van der Waals surface area contributed by atoms with Crippen molar-refractivity contribution < 1.29 is 19.5 Å². The number of aromatic nitrogens is 2. The Kier molecular flexibility index (Phi) is 4.08. The number of nitrogens with zero attached hydrogens (tertiary/aromatic N) is 2. The van der Waals surface area contributed by atoms with E-state index in [-0.39, 0.29) is 24.1 Å². The molecule has 0 radical (unpaired) electrons. The van der Waals surface area contributed by atoms with Crippen molar-refractivity contribution in [2.45, 2.75) is 18.9 Å². The lowest BCUT2D eigenvalue weighted by Gasteiger charge is -2.22. The average Bonchev–Trinajstić information content (AvgIpc) is 3.00. The molecule has 136 valence electrons. The topological polar surface area (TPSA) is 113 Å². The predicted molar refractivity (Wildman–Crippen MR) is 97.2 cm³/mol. The second-order valence-electron chi connectivity index (χ2n) is 6.29. The van der Waals surface area contributed by atoms with Crippen molar-refractivity contribution in [3.05, 3.63) is 54.5 Å². The summed E-state index contributed by atoms with van der Waals surface area (Å²) >= 11 is 0. The third-order valence-electron chi connectivity index (χ3n) is 4.58. The third-order valence-corrected chi connectivity index (χ3v) is 4.58. The molecule has 8 heteroatoms. The van der Waals surface area contributed by atoms with Crippen molar-refractivity contribution in [2.75, 3.05) is 5.32 Å². The van der Waals surface area contributed by atoms with E-state index in [0.717, 1.165) is 0 Å². The van der Waals surface area contributed by atoms with Gasteiger partial charge in [0, 0.05) is 35.8 Å². The number of amides is 3. The Labute approximate surface area is 153 Å². The van der Waals surface area contributed by atoms with Crippen LogP contribution < -0.4 is 10.6 Å². The maximum atomic E-state index is 12.4. The van der Waals surface area contributed by atoms with E-state index in [9.17, 15) is 19.5 Å². The summed E-state index contributed by atoms with van der Waals surface area (Å²) in [5.41, 5.74) is 0.908. The number of hydrogen-bond acceptors (Lipinski definition) is 5. The highest BCUT2D eigenvalue weighted by Crippen LogP contribution is 2.36. The van der Waals surface area contributed by atoms with Gasteiger partial charge in [0.25, 0.3) is 5.91 Å². The zero-order chi connectivity index (χ0) is 19.0. The summed E-state index contributed by atoms with van der Waals surface area (Å²) in [5.74, 6) is -1.19. The molecule has 1 atom stereocenters. The molecule has 2 aromatic heterocycles. The number of carbonyl (C=O) groups excluding carboxylic acids is 3. The molecule has 4 rings (SSSR count). The van der Waals surface area contributed by atoms with Crippen LogP contribution in [0.4, 0.5) is 5.69 Å². The Hall–Kier alpha value is -3.68. The number of fused-ring (bicyclic) bond motifs is 1. The zero-order valence-corrected chi connectivity index (χ0v) is 14.2. The van der Waals surface area contributed by atoms with Crippen molar-refractivity contribution in [1.29, 1.82) is 0 Å². The molecule has 3 amide bonds. The van der Waals surface area contributed by atoms with Gasteiger partial charge in [0.2, 0.25) is 11.8 Å². The molecule has 1 aromatic carbocycles.